The Morgan fingerprint density at radius 2 is 1.62 bits per heavy atom. The standard InChI is InChI=1S/C17H22BF5O3/c1-2-3-4-5-6-7-12-10-24-18(25-11-12)13-8-14(19)16(15(20)9-13)26-17(21,22)23/h8-9,12H,2-7,10-11H2,1H3. The number of unbranched alkanes of at least 4 members (excludes halogenated alkanes) is 4. The van der Waals surface area contributed by atoms with Crippen molar-refractivity contribution < 1.29 is 36.0 Å². The van der Waals surface area contributed by atoms with Crippen LogP contribution in [0, 0.1) is 17.6 Å². The van der Waals surface area contributed by atoms with E-state index in [1.165, 1.54) is 19.3 Å². The molecule has 0 saturated carbocycles. The van der Waals surface area contributed by atoms with Crippen LogP contribution < -0.4 is 10.2 Å². The minimum atomic E-state index is -5.18. The third kappa shape index (κ3) is 6.43. The first kappa shape index (κ1) is 21.0. The Hall–Kier alpha value is -1.35. The van der Waals surface area contributed by atoms with Crippen LogP contribution in [0.5, 0.6) is 5.75 Å². The van der Waals surface area contributed by atoms with E-state index in [2.05, 4.69) is 11.7 Å². The molecule has 0 bridgehead atoms. The van der Waals surface area contributed by atoms with Crippen molar-refractivity contribution in [1.29, 1.82) is 0 Å². The van der Waals surface area contributed by atoms with Crippen LogP contribution in [0.25, 0.3) is 0 Å². The SMILES string of the molecule is CCCCCCCC1COB(c2cc(F)c(OC(F)(F)F)c(F)c2)OC1. The van der Waals surface area contributed by atoms with Gasteiger partial charge in [0.1, 0.15) is 0 Å². The van der Waals surface area contributed by atoms with Crippen LogP contribution in [0.4, 0.5) is 22.0 Å². The molecule has 0 aliphatic carbocycles. The Bertz CT molecular complexity index is 551. The summed E-state index contributed by atoms with van der Waals surface area (Å²) in [6.07, 6.45) is 1.56. The van der Waals surface area contributed by atoms with Gasteiger partial charge in [-0.1, -0.05) is 39.0 Å². The zero-order valence-electron chi connectivity index (χ0n) is 14.6. The molecule has 1 fully saturated rings. The van der Waals surface area contributed by atoms with Crippen LogP contribution in [-0.2, 0) is 9.31 Å². The summed E-state index contributed by atoms with van der Waals surface area (Å²) in [5.74, 6) is -4.19. The fraction of sp³-hybridized carbons (Fsp3) is 0.647. The zero-order valence-corrected chi connectivity index (χ0v) is 14.6. The zero-order chi connectivity index (χ0) is 19.2. The summed E-state index contributed by atoms with van der Waals surface area (Å²) in [5.41, 5.74) is -0.0177. The minimum Gasteiger partial charge on any atom is -0.407 e. The number of benzene rings is 1. The van der Waals surface area contributed by atoms with Crippen molar-refractivity contribution in [3.63, 3.8) is 0 Å². The third-order valence-electron chi connectivity index (χ3n) is 4.19. The van der Waals surface area contributed by atoms with Crippen molar-refractivity contribution in [2.75, 3.05) is 13.2 Å². The number of halogens is 5. The molecular weight excluding hydrogens is 358 g/mol. The molecule has 3 nitrogen and oxygen atoms in total. The molecule has 26 heavy (non-hydrogen) atoms. The molecule has 0 spiro atoms. The monoisotopic (exact) mass is 380 g/mol. The molecule has 0 radical (unpaired) electrons. The lowest BCUT2D eigenvalue weighted by atomic mass is 9.77. The molecular formula is C17H22BF5O3. The maximum atomic E-state index is 13.8. The lowest BCUT2D eigenvalue weighted by Gasteiger charge is -2.27. The van der Waals surface area contributed by atoms with Crippen molar-refractivity contribution in [3.8, 4) is 5.75 Å². The Morgan fingerprint density at radius 1 is 1.04 bits per heavy atom. The maximum Gasteiger partial charge on any atom is 0.573 e. The highest BCUT2D eigenvalue weighted by molar-refractivity contribution is 6.61. The number of hydrogen-bond donors (Lipinski definition) is 0. The molecule has 0 aromatic heterocycles. The van der Waals surface area contributed by atoms with Gasteiger partial charge in [-0.3, -0.25) is 0 Å². The number of hydrogen-bond acceptors (Lipinski definition) is 3. The molecule has 1 aliphatic rings. The predicted molar refractivity (Wildman–Crippen MR) is 87.2 cm³/mol. The lowest BCUT2D eigenvalue weighted by Crippen LogP contribution is -2.44. The van der Waals surface area contributed by atoms with Gasteiger partial charge in [-0.2, -0.15) is 0 Å². The van der Waals surface area contributed by atoms with Crippen molar-refractivity contribution in [2.45, 2.75) is 51.8 Å². The van der Waals surface area contributed by atoms with E-state index in [9.17, 15) is 22.0 Å². The maximum absolute atomic E-state index is 13.8. The van der Waals surface area contributed by atoms with Gasteiger partial charge in [0.15, 0.2) is 11.6 Å². The second-order valence-electron chi connectivity index (χ2n) is 6.43. The van der Waals surface area contributed by atoms with Gasteiger partial charge in [-0.05, 0) is 24.0 Å². The second kappa shape index (κ2) is 9.55. The van der Waals surface area contributed by atoms with Gasteiger partial charge in [-0.25, -0.2) is 8.78 Å². The van der Waals surface area contributed by atoms with Gasteiger partial charge >= 0.3 is 13.5 Å². The summed E-state index contributed by atoms with van der Waals surface area (Å²) in [6, 6.07) is 1.47. The molecule has 1 heterocycles. The smallest absolute Gasteiger partial charge is 0.407 e. The lowest BCUT2D eigenvalue weighted by molar-refractivity contribution is -0.276. The van der Waals surface area contributed by atoms with E-state index in [4.69, 9.17) is 9.31 Å². The van der Waals surface area contributed by atoms with Gasteiger partial charge in [0.2, 0.25) is 5.75 Å². The van der Waals surface area contributed by atoms with E-state index in [1.54, 1.807) is 0 Å². The predicted octanol–water partition coefficient (Wildman–Crippen LogP) is 4.58. The van der Waals surface area contributed by atoms with Gasteiger partial charge in [-0.15, -0.1) is 13.2 Å². The summed E-state index contributed by atoms with van der Waals surface area (Å²) in [6.45, 7) is 2.90. The van der Waals surface area contributed by atoms with E-state index in [0.717, 1.165) is 31.4 Å². The largest absolute Gasteiger partial charge is 0.573 e. The van der Waals surface area contributed by atoms with Crippen LogP contribution in [0.15, 0.2) is 12.1 Å². The van der Waals surface area contributed by atoms with E-state index in [1.807, 2.05) is 0 Å². The minimum absolute atomic E-state index is 0.0177. The van der Waals surface area contributed by atoms with Crippen LogP contribution in [0.1, 0.15) is 45.4 Å². The fourth-order valence-corrected chi connectivity index (χ4v) is 2.87. The summed E-state index contributed by atoms with van der Waals surface area (Å²) in [5, 5.41) is 0. The molecule has 9 heteroatoms. The summed E-state index contributed by atoms with van der Waals surface area (Å²) in [7, 11) is -1.00. The highest BCUT2D eigenvalue weighted by atomic mass is 19.4. The molecule has 146 valence electrons. The first-order valence-electron chi connectivity index (χ1n) is 8.78. The van der Waals surface area contributed by atoms with E-state index in [0.29, 0.717) is 13.2 Å². The highest BCUT2D eigenvalue weighted by Gasteiger charge is 2.36. The Balaban J connectivity index is 1.87. The van der Waals surface area contributed by atoms with Crippen molar-refractivity contribution in [3.05, 3.63) is 23.8 Å². The van der Waals surface area contributed by atoms with Gasteiger partial charge in [0, 0.05) is 19.1 Å². The number of alkyl halides is 3. The Morgan fingerprint density at radius 3 is 2.15 bits per heavy atom. The Kier molecular flexibility index (Phi) is 7.70. The van der Waals surface area contributed by atoms with Crippen LogP contribution in [0.3, 0.4) is 0 Å². The molecule has 0 N–H and O–H groups in total. The first-order chi connectivity index (χ1) is 12.3. The molecule has 0 amide bonds. The van der Waals surface area contributed by atoms with Gasteiger partial charge in [0.05, 0.1) is 0 Å². The molecule has 1 aliphatic heterocycles. The quantitative estimate of drug-likeness (QED) is 0.375. The van der Waals surface area contributed by atoms with E-state index in [-0.39, 0.29) is 11.4 Å². The van der Waals surface area contributed by atoms with Crippen molar-refractivity contribution in [2.24, 2.45) is 5.92 Å². The normalized spacial score (nSPS) is 16.2. The molecule has 0 atom stereocenters. The molecule has 1 saturated heterocycles. The summed E-state index contributed by atoms with van der Waals surface area (Å²) in [4.78, 5) is 0. The fourth-order valence-electron chi connectivity index (χ4n) is 2.87. The van der Waals surface area contributed by atoms with Crippen LogP contribution in [-0.4, -0.2) is 26.7 Å². The average molecular weight is 380 g/mol. The number of rotatable bonds is 8. The average Bonchev–Trinajstić information content (AvgIpc) is 2.57. The Labute approximate surface area is 150 Å². The summed E-state index contributed by atoms with van der Waals surface area (Å²) >= 11 is 0. The second-order valence-corrected chi connectivity index (χ2v) is 6.43. The van der Waals surface area contributed by atoms with Crippen LogP contribution in [0.2, 0.25) is 0 Å². The van der Waals surface area contributed by atoms with Crippen LogP contribution >= 0.6 is 0 Å². The molecule has 1 aromatic carbocycles. The number of ether oxygens (including phenoxy) is 1. The first-order valence-corrected chi connectivity index (χ1v) is 8.78. The van der Waals surface area contributed by atoms with Crippen molar-refractivity contribution in [1.82, 2.24) is 0 Å². The van der Waals surface area contributed by atoms with Crippen molar-refractivity contribution >= 4 is 12.6 Å². The van der Waals surface area contributed by atoms with Gasteiger partial charge < -0.3 is 14.0 Å². The summed E-state index contributed by atoms with van der Waals surface area (Å²) < 4.78 is 78.4. The van der Waals surface area contributed by atoms with E-state index >= 15 is 0 Å². The highest BCUT2D eigenvalue weighted by Crippen LogP contribution is 2.28. The van der Waals surface area contributed by atoms with Gasteiger partial charge in [0.25, 0.3) is 0 Å². The topological polar surface area (TPSA) is 27.7 Å². The third-order valence-corrected chi connectivity index (χ3v) is 4.19. The molecule has 0 unspecified atom stereocenters. The molecule has 2 rings (SSSR count). The molecule has 1 aromatic rings. The van der Waals surface area contributed by atoms with E-state index < -0.39 is 30.9 Å².